The topological polar surface area (TPSA) is 93.1 Å². The molecule has 0 aromatic heterocycles. The lowest BCUT2D eigenvalue weighted by Gasteiger charge is -2.25. The van der Waals surface area contributed by atoms with E-state index in [0.29, 0.717) is 6.42 Å². The fourth-order valence-corrected chi connectivity index (χ4v) is 1.74. The van der Waals surface area contributed by atoms with Gasteiger partial charge in [0.1, 0.15) is 5.60 Å². The molecule has 0 unspecified atom stereocenters. The Bertz CT molecular complexity index is 400. The summed E-state index contributed by atoms with van der Waals surface area (Å²) in [4.78, 5) is 32.5. The normalized spacial score (nSPS) is 13.7. The van der Waals surface area contributed by atoms with E-state index in [0.717, 1.165) is 6.42 Å². The van der Waals surface area contributed by atoms with Gasteiger partial charge in [0.25, 0.3) is 5.76 Å². The van der Waals surface area contributed by atoms with Crippen molar-refractivity contribution in [1.82, 2.24) is 0 Å². The van der Waals surface area contributed by atoms with Gasteiger partial charge in [0.2, 0.25) is 0 Å². The molecule has 6 heteroatoms. The number of carbonyl (C=O) groups is 2. The highest BCUT2D eigenvalue weighted by Gasteiger charge is 2.34. The first kappa shape index (κ1) is 18.4. The predicted octanol–water partition coefficient (Wildman–Crippen LogP) is 2.98. The highest BCUT2D eigenvalue weighted by atomic mass is 17.2. The molecule has 0 heterocycles. The van der Waals surface area contributed by atoms with E-state index in [4.69, 9.17) is 14.9 Å². The zero-order valence-corrected chi connectivity index (χ0v) is 12.9. The third-order valence-electron chi connectivity index (χ3n) is 2.59. The molecule has 2 N–H and O–H groups in total. The second kappa shape index (κ2) is 6.74. The van der Waals surface area contributed by atoms with Crippen LogP contribution in [0.2, 0.25) is 0 Å². The van der Waals surface area contributed by atoms with Crippen molar-refractivity contribution in [3.05, 3.63) is 11.3 Å². The van der Waals surface area contributed by atoms with E-state index in [1.807, 2.05) is 6.92 Å². The van der Waals surface area contributed by atoms with Crippen LogP contribution >= 0.6 is 0 Å². The van der Waals surface area contributed by atoms with Crippen LogP contribution in [0.15, 0.2) is 11.3 Å². The van der Waals surface area contributed by atoms with Gasteiger partial charge >= 0.3 is 11.9 Å². The predicted molar refractivity (Wildman–Crippen MR) is 72.9 cm³/mol. The van der Waals surface area contributed by atoms with E-state index in [9.17, 15) is 14.7 Å². The summed E-state index contributed by atoms with van der Waals surface area (Å²) >= 11 is 0. The fraction of sp³-hybridized carbons (Fsp3) is 0.714. The van der Waals surface area contributed by atoms with Crippen LogP contribution in [0.4, 0.5) is 0 Å². The second-order valence-corrected chi connectivity index (χ2v) is 6.24. The number of carboxylic acid groups (broad SMARTS) is 2. The van der Waals surface area contributed by atoms with E-state index in [1.165, 1.54) is 0 Å². The number of hydrogen-bond donors (Lipinski definition) is 2. The summed E-state index contributed by atoms with van der Waals surface area (Å²) in [5, 5.41) is 18.4. The Balaban J connectivity index is 5.44. The molecular weight excluding hydrogens is 264 g/mol. The van der Waals surface area contributed by atoms with Crippen molar-refractivity contribution in [1.29, 1.82) is 0 Å². The first-order valence-corrected chi connectivity index (χ1v) is 6.49. The highest BCUT2D eigenvalue weighted by molar-refractivity contribution is 5.98. The summed E-state index contributed by atoms with van der Waals surface area (Å²) < 4.78 is 0. The molecule has 0 fully saturated rings. The third-order valence-corrected chi connectivity index (χ3v) is 2.59. The molecule has 0 aliphatic rings. The molecule has 0 spiro atoms. The lowest BCUT2D eigenvalue weighted by Crippen LogP contribution is -2.28. The van der Waals surface area contributed by atoms with Crippen LogP contribution < -0.4 is 0 Å². The summed E-state index contributed by atoms with van der Waals surface area (Å²) in [7, 11) is 0. The summed E-state index contributed by atoms with van der Waals surface area (Å²) in [6, 6.07) is 0. The van der Waals surface area contributed by atoms with Crippen molar-refractivity contribution in [2.24, 2.45) is 5.41 Å². The molecule has 0 atom stereocenters. The van der Waals surface area contributed by atoms with E-state index in [2.05, 4.69) is 0 Å². The molecule has 6 nitrogen and oxygen atoms in total. The number of hydrogen-bond acceptors (Lipinski definition) is 4. The van der Waals surface area contributed by atoms with E-state index >= 15 is 0 Å². The number of carboxylic acids is 2. The Kier molecular flexibility index (Phi) is 6.22. The number of rotatable bonds is 7. The first-order valence-electron chi connectivity index (χ1n) is 6.49. The zero-order chi connectivity index (χ0) is 16.1. The van der Waals surface area contributed by atoms with E-state index in [1.54, 1.807) is 34.6 Å². The quantitative estimate of drug-likeness (QED) is 0.324. The van der Waals surface area contributed by atoms with Gasteiger partial charge in [0.15, 0.2) is 0 Å². The molecule has 0 saturated heterocycles. The Hall–Kier alpha value is -1.56. The van der Waals surface area contributed by atoms with Gasteiger partial charge in [-0.25, -0.2) is 9.59 Å². The Morgan fingerprint density at radius 3 is 1.80 bits per heavy atom. The molecule has 0 saturated carbocycles. The minimum Gasteiger partial charge on any atom is -0.478 e. The van der Waals surface area contributed by atoms with Crippen molar-refractivity contribution in [3.8, 4) is 0 Å². The summed E-state index contributed by atoms with van der Waals surface area (Å²) in [5.74, 6) is -3.49. The molecule has 0 aromatic rings. The molecule has 0 bridgehead atoms. The molecule has 0 aromatic carbocycles. The van der Waals surface area contributed by atoms with Crippen LogP contribution in [-0.2, 0) is 19.4 Å². The number of aliphatic carboxylic acids is 2. The standard InChI is InChI=1S/C14H24O6/c1-7-8-14(5,6)20-19-10(12(17)18)9(11(15)16)13(2,3)4/h7-8H2,1-6H3,(H,15,16)(H,17,18). The highest BCUT2D eigenvalue weighted by Crippen LogP contribution is 2.30. The van der Waals surface area contributed by atoms with Crippen molar-refractivity contribution in [2.45, 2.75) is 60.0 Å². The van der Waals surface area contributed by atoms with E-state index < -0.39 is 28.7 Å². The monoisotopic (exact) mass is 288 g/mol. The van der Waals surface area contributed by atoms with Crippen molar-refractivity contribution < 1.29 is 29.6 Å². The molecule has 0 rings (SSSR count). The van der Waals surface area contributed by atoms with Gasteiger partial charge < -0.3 is 15.1 Å². The van der Waals surface area contributed by atoms with Crippen LogP contribution in [-0.4, -0.2) is 27.8 Å². The minimum atomic E-state index is -1.47. The molecule has 20 heavy (non-hydrogen) atoms. The molecular formula is C14H24O6. The van der Waals surface area contributed by atoms with Gasteiger partial charge in [0.05, 0.1) is 5.57 Å². The Labute approximate surface area is 119 Å². The van der Waals surface area contributed by atoms with Gasteiger partial charge in [-0.15, -0.1) is 0 Å². The zero-order valence-electron chi connectivity index (χ0n) is 12.9. The maximum Gasteiger partial charge on any atom is 0.375 e. The summed E-state index contributed by atoms with van der Waals surface area (Å²) in [6.45, 7) is 10.2. The maximum atomic E-state index is 11.3. The average molecular weight is 288 g/mol. The lowest BCUT2D eigenvalue weighted by molar-refractivity contribution is -0.328. The van der Waals surface area contributed by atoms with Crippen molar-refractivity contribution >= 4 is 11.9 Å². The van der Waals surface area contributed by atoms with Gasteiger partial charge in [-0.1, -0.05) is 34.1 Å². The maximum absolute atomic E-state index is 11.3. The molecule has 0 aliphatic heterocycles. The van der Waals surface area contributed by atoms with Crippen LogP contribution in [0.25, 0.3) is 0 Å². The third kappa shape index (κ3) is 5.61. The van der Waals surface area contributed by atoms with Crippen molar-refractivity contribution in [2.75, 3.05) is 0 Å². The van der Waals surface area contributed by atoms with Crippen molar-refractivity contribution in [3.63, 3.8) is 0 Å². The van der Waals surface area contributed by atoms with Crippen LogP contribution in [0.5, 0.6) is 0 Å². The summed E-state index contributed by atoms with van der Waals surface area (Å²) in [6.07, 6.45) is 1.48. The van der Waals surface area contributed by atoms with Gasteiger partial charge in [-0.3, -0.25) is 0 Å². The SMILES string of the molecule is CCCC(C)(C)OOC(C(=O)O)=C(C(=O)O)C(C)(C)C. The van der Waals surface area contributed by atoms with Crippen LogP contribution in [0.3, 0.4) is 0 Å². The minimum absolute atomic E-state index is 0.336. The lowest BCUT2D eigenvalue weighted by atomic mass is 9.85. The van der Waals surface area contributed by atoms with Gasteiger partial charge in [-0.2, -0.15) is 4.89 Å². The molecule has 0 radical (unpaired) electrons. The molecule has 116 valence electrons. The molecule has 0 amide bonds. The first-order chi connectivity index (χ1) is 8.92. The largest absolute Gasteiger partial charge is 0.478 e. The smallest absolute Gasteiger partial charge is 0.375 e. The molecule has 0 aliphatic carbocycles. The average Bonchev–Trinajstić information content (AvgIpc) is 2.20. The van der Waals surface area contributed by atoms with Crippen LogP contribution in [0, 0.1) is 5.41 Å². The Morgan fingerprint density at radius 1 is 1.00 bits per heavy atom. The Morgan fingerprint density at radius 2 is 1.50 bits per heavy atom. The fourth-order valence-electron chi connectivity index (χ4n) is 1.74. The van der Waals surface area contributed by atoms with Gasteiger partial charge in [0, 0.05) is 0 Å². The van der Waals surface area contributed by atoms with Gasteiger partial charge in [-0.05, 0) is 25.7 Å². The van der Waals surface area contributed by atoms with E-state index in [-0.39, 0.29) is 5.57 Å². The second-order valence-electron chi connectivity index (χ2n) is 6.24. The summed E-state index contributed by atoms with van der Waals surface area (Å²) in [5.41, 5.74) is -1.92. The van der Waals surface area contributed by atoms with Crippen LogP contribution in [0.1, 0.15) is 54.4 Å².